The van der Waals surface area contributed by atoms with Gasteiger partial charge in [0, 0.05) is 24.9 Å². The van der Waals surface area contributed by atoms with Crippen molar-refractivity contribution < 1.29 is 4.39 Å². The van der Waals surface area contributed by atoms with Gasteiger partial charge in [-0.25, -0.2) is 9.37 Å². The van der Waals surface area contributed by atoms with E-state index in [1.807, 2.05) is 16.8 Å². The molecule has 17 heavy (non-hydrogen) atoms. The fourth-order valence-electron chi connectivity index (χ4n) is 2.34. The Balaban J connectivity index is 2.04. The zero-order valence-corrected chi connectivity index (χ0v) is 9.44. The number of benzene rings is 1. The molecular formula is C13H14FN3. The van der Waals surface area contributed by atoms with Gasteiger partial charge in [-0.2, -0.15) is 0 Å². The fourth-order valence-corrected chi connectivity index (χ4v) is 2.34. The molecule has 0 saturated carbocycles. The third-order valence-electron chi connectivity index (χ3n) is 3.21. The Bertz CT molecular complexity index is 515. The van der Waals surface area contributed by atoms with Crippen molar-refractivity contribution in [3.63, 3.8) is 0 Å². The first kappa shape index (κ1) is 10.5. The molecule has 1 N–H and O–H groups in total. The van der Waals surface area contributed by atoms with Gasteiger partial charge in [0.2, 0.25) is 0 Å². The quantitative estimate of drug-likeness (QED) is 0.857. The molecule has 0 radical (unpaired) electrons. The van der Waals surface area contributed by atoms with Crippen LogP contribution in [-0.4, -0.2) is 22.6 Å². The molecule has 1 saturated heterocycles. The van der Waals surface area contributed by atoms with Crippen molar-refractivity contribution in [2.24, 2.45) is 0 Å². The molecule has 0 bridgehead atoms. The number of nitrogens with zero attached hydrogens (tertiary/aromatic N) is 2. The van der Waals surface area contributed by atoms with Crippen molar-refractivity contribution in [3.8, 4) is 5.69 Å². The molecule has 0 spiro atoms. The molecule has 2 aromatic rings. The molecule has 1 aliphatic heterocycles. The van der Waals surface area contributed by atoms with Crippen LogP contribution in [0, 0.1) is 5.82 Å². The summed E-state index contributed by atoms with van der Waals surface area (Å²) < 4.78 is 15.6. The van der Waals surface area contributed by atoms with Gasteiger partial charge >= 0.3 is 0 Å². The highest BCUT2D eigenvalue weighted by atomic mass is 19.1. The van der Waals surface area contributed by atoms with E-state index in [2.05, 4.69) is 10.3 Å². The number of hydrogen-bond donors (Lipinski definition) is 1. The highest BCUT2D eigenvalue weighted by Gasteiger charge is 2.22. The maximum atomic E-state index is 13.8. The van der Waals surface area contributed by atoms with Gasteiger partial charge in [0.25, 0.3) is 0 Å². The SMILES string of the molecule is Fc1ccccc1-n1ccnc1C1CCNC1. The van der Waals surface area contributed by atoms with Crippen molar-refractivity contribution in [2.75, 3.05) is 13.1 Å². The molecule has 0 aliphatic carbocycles. The van der Waals surface area contributed by atoms with Gasteiger partial charge in [-0.15, -0.1) is 0 Å². The van der Waals surface area contributed by atoms with E-state index in [4.69, 9.17) is 0 Å². The first-order chi connectivity index (χ1) is 8.36. The first-order valence-corrected chi connectivity index (χ1v) is 5.85. The largest absolute Gasteiger partial charge is 0.316 e. The van der Waals surface area contributed by atoms with Crippen LogP contribution in [0.2, 0.25) is 0 Å². The number of aromatic nitrogens is 2. The van der Waals surface area contributed by atoms with Crippen LogP contribution >= 0.6 is 0 Å². The van der Waals surface area contributed by atoms with Crippen molar-refractivity contribution in [1.82, 2.24) is 14.9 Å². The maximum Gasteiger partial charge on any atom is 0.147 e. The van der Waals surface area contributed by atoms with Crippen LogP contribution in [0.3, 0.4) is 0 Å². The number of nitrogens with one attached hydrogen (secondary N) is 1. The summed E-state index contributed by atoms with van der Waals surface area (Å²) >= 11 is 0. The molecule has 1 aromatic carbocycles. The van der Waals surface area contributed by atoms with Gasteiger partial charge < -0.3 is 9.88 Å². The van der Waals surface area contributed by atoms with E-state index < -0.39 is 0 Å². The van der Waals surface area contributed by atoms with Crippen LogP contribution in [0.15, 0.2) is 36.7 Å². The maximum absolute atomic E-state index is 13.8. The smallest absolute Gasteiger partial charge is 0.147 e. The van der Waals surface area contributed by atoms with Gasteiger partial charge in [0.05, 0.1) is 5.69 Å². The van der Waals surface area contributed by atoms with Crippen LogP contribution in [0.5, 0.6) is 0 Å². The molecule has 1 unspecified atom stereocenters. The molecule has 1 aromatic heterocycles. The Morgan fingerprint density at radius 2 is 2.24 bits per heavy atom. The molecular weight excluding hydrogens is 217 g/mol. The third-order valence-corrected chi connectivity index (χ3v) is 3.21. The first-order valence-electron chi connectivity index (χ1n) is 5.85. The minimum Gasteiger partial charge on any atom is -0.316 e. The van der Waals surface area contributed by atoms with E-state index >= 15 is 0 Å². The Morgan fingerprint density at radius 1 is 1.35 bits per heavy atom. The summed E-state index contributed by atoms with van der Waals surface area (Å²) in [4.78, 5) is 4.37. The second-order valence-corrected chi connectivity index (χ2v) is 4.30. The van der Waals surface area contributed by atoms with Crippen molar-refractivity contribution in [3.05, 3.63) is 48.3 Å². The third kappa shape index (κ3) is 1.85. The highest BCUT2D eigenvalue weighted by molar-refractivity contribution is 5.35. The Labute approximate surface area is 99.3 Å². The molecule has 3 nitrogen and oxygen atoms in total. The molecule has 2 heterocycles. The highest BCUT2D eigenvalue weighted by Crippen LogP contribution is 2.24. The zero-order valence-electron chi connectivity index (χ0n) is 9.44. The summed E-state index contributed by atoms with van der Waals surface area (Å²) in [5.41, 5.74) is 0.576. The normalized spacial score (nSPS) is 19.7. The molecule has 1 fully saturated rings. The van der Waals surface area contributed by atoms with E-state index in [1.165, 1.54) is 6.07 Å². The lowest BCUT2D eigenvalue weighted by Gasteiger charge is -2.12. The Kier molecular flexibility index (Phi) is 2.65. The van der Waals surface area contributed by atoms with Gasteiger partial charge in [-0.3, -0.25) is 0 Å². The summed E-state index contributed by atoms with van der Waals surface area (Å²) in [5.74, 6) is 1.11. The fraction of sp³-hybridized carbons (Fsp3) is 0.308. The number of halogens is 1. The predicted molar refractivity (Wildman–Crippen MR) is 63.7 cm³/mol. The molecule has 88 valence electrons. The van der Waals surface area contributed by atoms with Gasteiger partial charge in [-0.1, -0.05) is 12.1 Å². The minimum absolute atomic E-state index is 0.210. The van der Waals surface area contributed by atoms with E-state index in [9.17, 15) is 4.39 Å². The second-order valence-electron chi connectivity index (χ2n) is 4.30. The minimum atomic E-state index is -0.210. The summed E-state index contributed by atoms with van der Waals surface area (Å²) in [6.45, 7) is 1.93. The lowest BCUT2D eigenvalue weighted by Crippen LogP contribution is -2.12. The van der Waals surface area contributed by atoms with Crippen LogP contribution in [0.25, 0.3) is 5.69 Å². The number of rotatable bonds is 2. The summed E-state index contributed by atoms with van der Waals surface area (Å²) in [6.07, 6.45) is 4.62. The van der Waals surface area contributed by atoms with Crippen molar-refractivity contribution in [2.45, 2.75) is 12.3 Å². The summed E-state index contributed by atoms with van der Waals surface area (Å²) in [7, 11) is 0. The average molecular weight is 231 g/mol. The lowest BCUT2D eigenvalue weighted by molar-refractivity contribution is 0.607. The topological polar surface area (TPSA) is 29.9 Å². The van der Waals surface area contributed by atoms with Gasteiger partial charge in [-0.05, 0) is 25.1 Å². The monoisotopic (exact) mass is 231 g/mol. The Morgan fingerprint density at radius 3 is 3.00 bits per heavy atom. The standard InChI is InChI=1S/C13H14FN3/c14-11-3-1-2-4-12(11)17-8-7-16-13(17)10-5-6-15-9-10/h1-4,7-8,10,15H,5-6,9H2. The lowest BCUT2D eigenvalue weighted by atomic mass is 10.1. The van der Waals surface area contributed by atoms with Gasteiger partial charge in [0.1, 0.15) is 11.6 Å². The number of imidazole rings is 1. The van der Waals surface area contributed by atoms with E-state index in [0.29, 0.717) is 11.6 Å². The van der Waals surface area contributed by atoms with Crippen molar-refractivity contribution in [1.29, 1.82) is 0 Å². The van der Waals surface area contributed by atoms with Crippen LogP contribution in [0.1, 0.15) is 18.2 Å². The zero-order chi connectivity index (χ0) is 11.7. The van der Waals surface area contributed by atoms with Crippen molar-refractivity contribution >= 4 is 0 Å². The summed E-state index contributed by atoms with van der Waals surface area (Å²) in [6, 6.07) is 6.80. The van der Waals surface area contributed by atoms with Crippen LogP contribution in [0.4, 0.5) is 4.39 Å². The van der Waals surface area contributed by atoms with Crippen LogP contribution in [-0.2, 0) is 0 Å². The second kappa shape index (κ2) is 4.30. The van der Waals surface area contributed by atoms with Gasteiger partial charge in [0.15, 0.2) is 0 Å². The predicted octanol–water partition coefficient (Wildman–Crippen LogP) is 2.09. The van der Waals surface area contributed by atoms with E-state index in [1.54, 1.807) is 18.3 Å². The molecule has 1 atom stereocenters. The Hall–Kier alpha value is -1.68. The van der Waals surface area contributed by atoms with E-state index in [-0.39, 0.29) is 5.82 Å². The molecule has 0 amide bonds. The van der Waals surface area contributed by atoms with Crippen LogP contribution < -0.4 is 5.32 Å². The number of hydrogen-bond acceptors (Lipinski definition) is 2. The molecule has 3 rings (SSSR count). The average Bonchev–Trinajstić information content (AvgIpc) is 3.00. The molecule has 4 heteroatoms. The summed E-state index contributed by atoms with van der Waals surface area (Å²) in [5, 5.41) is 3.31. The number of para-hydroxylation sites is 1. The van der Waals surface area contributed by atoms with E-state index in [0.717, 1.165) is 25.3 Å². The molecule has 1 aliphatic rings.